The van der Waals surface area contributed by atoms with Crippen LogP contribution in [0.3, 0.4) is 0 Å². The number of hydrogen-bond acceptors (Lipinski definition) is 4. The molecule has 90 valence electrons. The first kappa shape index (κ1) is 12.1. The van der Waals surface area contributed by atoms with Crippen LogP contribution in [0.1, 0.15) is 6.92 Å². The lowest BCUT2D eigenvalue weighted by atomic mass is 10.3. The molecule has 0 aliphatic rings. The van der Waals surface area contributed by atoms with E-state index in [0.717, 1.165) is 10.2 Å². The van der Waals surface area contributed by atoms with Crippen LogP contribution in [0.2, 0.25) is 5.02 Å². The third-order valence-electron chi connectivity index (χ3n) is 2.14. The maximum absolute atomic E-state index is 11.3. The topological polar surface area (TPSA) is 54.0 Å². The minimum absolute atomic E-state index is 0.0437. The molecule has 0 fully saturated rings. The van der Waals surface area contributed by atoms with Crippen molar-refractivity contribution in [1.82, 2.24) is 10.3 Å². The van der Waals surface area contributed by atoms with Gasteiger partial charge in [0, 0.05) is 6.54 Å². The summed E-state index contributed by atoms with van der Waals surface area (Å²) in [6.45, 7) is 2.74. The van der Waals surface area contributed by atoms with E-state index in [1.165, 1.54) is 11.3 Å². The third-order valence-corrected chi connectivity index (χ3v) is 3.63. The highest BCUT2D eigenvalue weighted by atomic mass is 35.5. The van der Waals surface area contributed by atoms with Gasteiger partial charge < -0.3 is 10.6 Å². The van der Waals surface area contributed by atoms with Crippen LogP contribution in [-0.2, 0) is 4.79 Å². The van der Waals surface area contributed by atoms with Gasteiger partial charge in [-0.25, -0.2) is 4.98 Å². The molecule has 0 bridgehead atoms. The van der Waals surface area contributed by atoms with Gasteiger partial charge in [0.05, 0.1) is 21.8 Å². The zero-order valence-electron chi connectivity index (χ0n) is 9.29. The van der Waals surface area contributed by atoms with Gasteiger partial charge in [-0.3, -0.25) is 4.79 Å². The summed E-state index contributed by atoms with van der Waals surface area (Å²) in [5.74, 6) is -0.0437. The van der Waals surface area contributed by atoms with E-state index in [4.69, 9.17) is 11.6 Å². The monoisotopic (exact) mass is 269 g/mol. The number of carbonyl (C=O) groups is 1. The molecule has 4 nitrogen and oxygen atoms in total. The van der Waals surface area contributed by atoms with E-state index >= 15 is 0 Å². The van der Waals surface area contributed by atoms with Gasteiger partial charge in [0.1, 0.15) is 0 Å². The molecule has 2 aromatic rings. The van der Waals surface area contributed by atoms with Crippen LogP contribution in [0.25, 0.3) is 10.2 Å². The summed E-state index contributed by atoms with van der Waals surface area (Å²) < 4.78 is 0.938. The number of hydrogen-bond donors (Lipinski definition) is 2. The lowest BCUT2D eigenvalue weighted by molar-refractivity contribution is -0.119. The van der Waals surface area contributed by atoms with Crippen LogP contribution in [0.4, 0.5) is 5.13 Å². The summed E-state index contributed by atoms with van der Waals surface area (Å²) in [7, 11) is 0. The predicted octanol–water partition coefficient (Wildman–Crippen LogP) is 2.50. The fourth-order valence-corrected chi connectivity index (χ4v) is 2.56. The highest BCUT2D eigenvalue weighted by Gasteiger charge is 2.07. The van der Waals surface area contributed by atoms with Gasteiger partial charge >= 0.3 is 0 Å². The van der Waals surface area contributed by atoms with Crippen LogP contribution >= 0.6 is 22.9 Å². The van der Waals surface area contributed by atoms with Crippen molar-refractivity contribution in [1.29, 1.82) is 0 Å². The maximum Gasteiger partial charge on any atom is 0.239 e. The molecule has 2 N–H and O–H groups in total. The Bertz CT molecular complexity index is 540. The number of amides is 1. The van der Waals surface area contributed by atoms with E-state index in [1.807, 2.05) is 25.1 Å². The smallest absolute Gasteiger partial charge is 0.239 e. The van der Waals surface area contributed by atoms with Crippen molar-refractivity contribution in [2.75, 3.05) is 18.4 Å². The number of nitrogens with zero attached hydrogens (tertiary/aromatic N) is 1. The first-order valence-corrected chi connectivity index (χ1v) is 6.45. The van der Waals surface area contributed by atoms with E-state index in [1.54, 1.807) is 0 Å². The molecule has 0 aliphatic heterocycles. The quantitative estimate of drug-likeness (QED) is 0.897. The molecule has 1 heterocycles. The van der Waals surface area contributed by atoms with Crippen molar-refractivity contribution in [2.24, 2.45) is 0 Å². The van der Waals surface area contributed by atoms with E-state index in [-0.39, 0.29) is 12.5 Å². The highest BCUT2D eigenvalue weighted by molar-refractivity contribution is 7.22. The van der Waals surface area contributed by atoms with E-state index in [9.17, 15) is 4.79 Å². The van der Waals surface area contributed by atoms with Crippen LogP contribution in [-0.4, -0.2) is 24.0 Å². The molecule has 1 aromatic heterocycles. The minimum Gasteiger partial charge on any atom is -0.355 e. The Labute approximate surface area is 108 Å². The molecule has 0 unspecified atom stereocenters. The number of rotatable bonds is 4. The SMILES string of the molecule is CCNC(=O)CNc1nc2cccc(Cl)c2s1. The van der Waals surface area contributed by atoms with Crippen molar-refractivity contribution in [2.45, 2.75) is 6.92 Å². The maximum atomic E-state index is 11.3. The lowest BCUT2D eigenvalue weighted by Crippen LogP contribution is -2.29. The number of aromatic nitrogens is 1. The molecule has 0 spiro atoms. The molecule has 1 aromatic carbocycles. The zero-order valence-corrected chi connectivity index (χ0v) is 10.9. The molecule has 17 heavy (non-hydrogen) atoms. The van der Waals surface area contributed by atoms with Gasteiger partial charge in [-0.15, -0.1) is 0 Å². The van der Waals surface area contributed by atoms with Crippen molar-refractivity contribution in [3.8, 4) is 0 Å². The van der Waals surface area contributed by atoms with Gasteiger partial charge in [-0.1, -0.05) is 29.0 Å². The fourth-order valence-electron chi connectivity index (χ4n) is 1.41. The Morgan fingerprint density at radius 2 is 2.35 bits per heavy atom. The molecular formula is C11H12ClN3OS. The van der Waals surface area contributed by atoms with Gasteiger partial charge in [-0.05, 0) is 19.1 Å². The molecule has 6 heteroatoms. The Morgan fingerprint density at radius 1 is 1.53 bits per heavy atom. The Morgan fingerprint density at radius 3 is 3.06 bits per heavy atom. The summed E-state index contributed by atoms with van der Waals surface area (Å²) in [6, 6.07) is 5.59. The molecule has 0 aliphatic carbocycles. The second kappa shape index (κ2) is 5.33. The van der Waals surface area contributed by atoms with Crippen LogP contribution in [0.15, 0.2) is 18.2 Å². The zero-order chi connectivity index (χ0) is 12.3. The number of anilines is 1. The second-order valence-electron chi connectivity index (χ2n) is 3.41. The summed E-state index contributed by atoms with van der Waals surface area (Å²) in [5, 5.41) is 7.09. The van der Waals surface area contributed by atoms with Gasteiger partial charge in [0.2, 0.25) is 5.91 Å². The fraction of sp³-hybridized carbons (Fsp3) is 0.273. The number of benzene rings is 1. The molecular weight excluding hydrogens is 258 g/mol. The summed E-state index contributed by atoms with van der Waals surface area (Å²) in [6.07, 6.45) is 0. The normalized spacial score (nSPS) is 10.5. The van der Waals surface area contributed by atoms with Crippen molar-refractivity contribution in [3.05, 3.63) is 23.2 Å². The number of halogens is 1. The highest BCUT2D eigenvalue weighted by Crippen LogP contribution is 2.31. The number of fused-ring (bicyclic) bond motifs is 1. The molecule has 2 rings (SSSR count). The number of nitrogens with one attached hydrogen (secondary N) is 2. The second-order valence-corrected chi connectivity index (χ2v) is 4.82. The molecule has 0 atom stereocenters. The number of carbonyl (C=O) groups excluding carboxylic acids is 1. The number of thiazole rings is 1. The summed E-state index contributed by atoms with van der Waals surface area (Å²) >= 11 is 7.50. The largest absolute Gasteiger partial charge is 0.355 e. The van der Waals surface area contributed by atoms with Gasteiger partial charge in [0.25, 0.3) is 0 Å². The third kappa shape index (κ3) is 2.87. The Kier molecular flexibility index (Phi) is 3.81. The van der Waals surface area contributed by atoms with E-state index in [2.05, 4.69) is 15.6 Å². The first-order valence-electron chi connectivity index (χ1n) is 5.26. The van der Waals surface area contributed by atoms with Crippen molar-refractivity contribution < 1.29 is 4.79 Å². The Balaban J connectivity index is 2.10. The van der Waals surface area contributed by atoms with Crippen molar-refractivity contribution in [3.63, 3.8) is 0 Å². The standard InChI is InChI=1S/C11H12ClN3OS/c1-2-13-9(16)6-14-11-15-8-5-3-4-7(12)10(8)17-11/h3-5H,2,6H2,1H3,(H,13,16)(H,14,15). The molecule has 0 saturated heterocycles. The van der Waals surface area contributed by atoms with Gasteiger partial charge in [-0.2, -0.15) is 0 Å². The molecule has 0 radical (unpaired) electrons. The summed E-state index contributed by atoms with van der Waals surface area (Å²) in [5.41, 5.74) is 0.848. The molecule has 0 saturated carbocycles. The first-order chi connectivity index (χ1) is 8.20. The van der Waals surface area contributed by atoms with Crippen molar-refractivity contribution >= 4 is 44.2 Å². The lowest BCUT2D eigenvalue weighted by Gasteiger charge is -2.01. The summed E-state index contributed by atoms with van der Waals surface area (Å²) in [4.78, 5) is 15.6. The van der Waals surface area contributed by atoms with Gasteiger partial charge in [0.15, 0.2) is 5.13 Å². The van der Waals surface area contributed by atoms with Crippen LogP contribution in [0, 0.1) is 0 Å². The van der Waals surface area contributed by atoms with Crippen LogP contribution < -0.4 is 10.6 Å². The van der Waals surface area contributed by atoms with E-state index < -0.39 is 0 Å². The van der Waals surface area contributed by atoms with E-state index in [0.29, 0.717) is 16.7 Å². The predicted molar refractivity (Wildman–Crippen MR) is 71.8 cm³/mol. The molecule has 1 amide bonds. The Hall–Kier alpha value is -1.33. The van der Waals surface area contributed by atoms with Crippen LogP contribution in [0.5, 0.6) is 0 Å². The average Bonchev–Trinajstić information content (AvgIpc) is 2.71. The number of likely N-dealkylation sites (N-methyl/N-ethyl adjacent to an activating group) is 1. The average molecular weight is 270 g/mol. The minimum atomic E-state index is -0.0437.